The monoisotopic (exact) mass is 424 g/mol. The highest BCUT2D eigenvalue weighted by Gasteiger charge is 2.30. The number of halogens is 2. The minimum atomic E-state index is 0.0630. The minimum Gasteiger partial charge on any atom is -0.247 e. The summed E-state index contributed by atoms with van der Waals surface area (Å²) in [4.78, 5) is 0. The summed E-state index contributed by atoms with van der Waals surface area (Å²) in [5.74, 6) is 0. The van der Waals surface area contributed by atoms with Crippen molar-refractivity contribution >= 4 is 34.2 Å². The molecule has 1 rings (SSSR count). The fourth-order valence-electron chi connectivity index (χ4n) is 2.84. The molecule has 1 unspecified atom stereocenters. The van der Waals surface area contributed by atoms with E-state index in [4.69, 9.17) is 16.7 Å². The molecule has 1 aromatic rings. The first kappa shape index (κ1) is 19.3. The van der Waals surface area contributed by atoms with Crippen molar-refractivity contribution in [2.45, 2.75) is 91.0 Å². The molecule has 1 heterocycles. The Labute approximate surface area is 149 Å². The molecule has 2 nitrogen and oxygen atoms in total. The second-order valence-corrected chi connectivity index (χ2v) is 7.80. The highest BCUT2D eigenvalue weighted by molar-refractivity contribution is 14.1. The number of aromatic nitrogens is 2. The van der Waals surface area contributed by atoms with Crippen LogP contribution in [0.3, 0.4) is 0 Å². The standard InChI is InChI=1S/C17H30ClIN2/c1-5-7-9-10-11-13-17(4,12-8-6-2)21-16(18)15(19)14(3)20-21/h5-13H2,1-4H3. The van der Waals surface area contributed by atoms with Gasteiger partial charge in [-0.25, -0.2) is 4.68 Å². The van der Waals surface area contributed by atoms with E-state index in [-0.39, 0.29) is 5.54 Å². The van der Waals surface area contributed by atoms with Gasteiger partial charge in [0.15, 0.2) is 0 Å². The largest absolute Gasteiger partial charge is 0.247 e. The fourth-order valence-corrected chi connectivity index (χ4v) is 3.56. The summed E-state index contributed by atoms with van der Waals surface area (Å²) in [7, 11) is 0. The third-order valence-electron chi connectivity index (χ3n) is 4.33. The Balaban J connectivity index is 2.79. The first-order valence-electron chi connectivity index (χ1n) is 8.37. The van der Waals surface area contributed by atoms with Crippen LogP contribution in [0.2, 0.25) is 5.15 Å². The number of aryl methyl sites for hydroxylation is 1. The van der Waals surface area contributed by atoms with E-state index in [1.807, 2.05) is 6.92 Å². The molecule has 4 heteroatoms. The van der Waals surface area contributed by atoms with Crippen LogP contribution in [-0.2, 0) is 5.54 Å². The fraction of sp³-hybridized carbons (Fsp3) is 0.824. The van der Waals surface area contributed by atoms with E-state index < -0.39 is 0 Å². The molecule has 0 N–H and O–H groups in total. The highest BCUT2D eigenvalue weighted by atomic mass is 127. The van der Waals surface area contributed by atoms with Crippen molar-refractivity contribution < 1.29 is 0 Å². The lowest BCUT2D eigenvalue weighted by Crippen LogP contribution is -2.31. The van der Waals surface area contributed by atoms with Gasteiger partial charge in [0.1, 0.15) is 5.15 Å². The van der Waals surface area contributed by atoms with E-state index >= 15 is 0 Å². The summed E-state index contributed by atoms with van der Waals surface area (Å²) >= 11 is 8.84. The topological polar surface area (TPSA) is 17.8 Å². The Morgan fingerprint density at radius 2 is 1.62 bits per heavy atom. The van der Waals surface area contributed by atoms with Gasteiger partial charge in [0.2, 0.25) is 0 Å². The van der Waals surface area contributed by atoms with Crippen molar-refractivity contribution in [1.29, 1.82) is 0 Å². The van der Waals surface area contributed by atoms with Crippen LogP contribution in [0.5, 0.6) is 0 Å². The Hall–Kier alpha value is 0.230. The number of hydrogen-bond donors (Lipinski definition) is 0. The molecule has 0 spiro atoms. The molecular formula is C17H30ClIN2. The van der Waals surface area contributed by atoms with E-state index in [9.17, 15) is 0 Å². The predicted octanol–water partition coefficient (Wildman–Crippen LogP) is 6.72. The van der Waals surface area contributed by atoms with E-state index in [2.05, 4.69) is 48.0 Å². The maximum atomic E-state index is 6.53. The van der Waals surface area contributed by atoms with Crippen LogP contribution in [0, 0.1) is 10.5 Å². The molecule has 0 bridgehead atoms. The molecular weight excluding hydrogens is 395 g/mol. The molecule has 0 saturated carbocycles. The summed E-state index contributed by atoms with van der Waals surface area (Å²) in [6.45, 7) is 8.89. The smallest absolute Gasteiger partial charge is 0.141 e. The molecule has 0 amide bonds. The average Bonchev–Trinajstić information content (AvgIpc) is 2.73. The minimum absolute atomic E-state index is 0.0630. The molecule has 0 aliphatic carbocycles. The molecule has 0 saturated heterocycles. The van der Waals surface area contributed by atoms with Crippen molar-refractivity contribution in [2.75, 3.05) is 0 Å². The van der Waals surface area contributed by atoms with Crippen molar-refractivity contribution in [3.8, 4) is 0 Å². The first-order valence-corrected chi connectivity index (χ1v) is 9.83. The summed E-state index contributed by atoms with van der Waals surface area (Å²) in [6.07, 6.45) is 11.4. The predicted molar refractivity (Wildman–Crippen MR) is 101 cm³/mol. The Kier molecular flexibility index (Phi) is 8.62. The summed E-state index contributed by atoms with van der Waals surface area (Å²) in [5, 5.41) is 5.55. The van der Waals surface area contributed by atoms with E-state index in [0.29, 0.717) is 0 Å². The van der Waals surface area contributed by atoms with Crippen molar-refractivity contribution in [1.82, 2.24) is 9.78 Å². The number of hydrogen-bond acceptors (Lipinski definition) is 1. The molecule has 0 aliphatic rings. The summed E-state index contributed by atoms with van der Waals surface area (Å²) in [6, 6.07) is 0. The lowest BCUT2D eigenvalue weighted by atomic mass is 9.88. The lowest BCUT2D eigenvalue weighted by molar-refractivity contribution is 0.228. The first-order chi connectivity index (χ1) is 9.96. The molecule has 0 aromatic carbocycles. The van der Waals surface area contributed by atoms with Crippen LogP contribution in [0.4, 0.5) is 0 Å². The van der Waals surface area contributed by atoms with Crippen molar-refractivity contribution in [2.24, 2.45) is 0 Å². The van der Waals surface area contributed by atoms with Gasteiger partial charge >= 0.3 is 0 Å². The number of nitrogens with zero attached hydrogens (tertiary/aromatic N) is 2. The van der Waals surface area contributed by atoms with Gasteiger partial charge in [-0.2, -0.15) is 5.10 Å². The number of unbranched alkanes of at least 4 members (excludes halogenated alkanes) is 5. The van der Waals surface area contributed by atoms with Gasteiger partial charge in [0.05, 0.1) is 14.8 Å². The lowest BCUT2D eigenvalue weighted by Gasteiger charge is -2.31. The summed E-state index contributed by atoms with van der Waals surface area (Å²) in [5.41, 5.74) is 1.11. The molecule has 1 aromatic heterocycles. The Morgan fingerprint density at radius 3 is 2.14 bits per heavy atom. The van der Waals surface area contributed by atoms with Crippen LogP contribution in [0.25, 0.3) is 0 Å². The molecule has 21 heavy (non-hydrogen) atoms. The third-order valence-corrected chi connectivity index (χ3v) is 6.29. The molecule has 122 valence electrons. The van der Waals surface area contributed by atoms with Gasteiger partial charge < -0.3 is 0 Å². The van der Waals surface area contributed by atoms with Gasteiger partial charge in [-0.05, 0) is 49.3 Å². The van der Waals surface area contributed by atoms with Crippen LogP contribution in [0.15, 0.2) is 0 Å². The molecule has 0 fully saturated rings. The van der Waals surface area contributed by atoms with E-state index in [1.54, 1.807) is 0 Å². The zero-order chi connectivity index (χ0) is 15.9. The number of rotatable bonds is 10. The van der Waals surface area contributed by atoms with Crippen molar-refractivity contribution in [3.63, 3.8) is 0 Å². The normalized spacial score (nSPS) is 14.4. The van der Waals surface area contributed by atoms with Crippen molar-refractivity contribution in [3.05, 3.63) is 14.4 Å². The SMILES string of the molecule is CCCCCCCC(C)(CCCC)n1nc(C)c(I)c1Cl. The van der Waals surface area contributed by atoms with Gasteiger partial charge in [-0.1, -0.05) is 70.4 Å². The van der Waals surface area contributed by atoms with Gasteiger partial charge in [-0.15, -0.1) is 0 Å². The zero-order valence-corrected chi connectivity index (χ0v) is 16.9. The third kappa shape index (κ3) is 5.42. The average molecular weight is 425 g/mol. The molecule has 1 atom stereocenters. The van der Waals surface area contributed by atoms with Gasteiger partial charge in [0.25, 0.3) is 0 Å². The van der Waals surface area contributed by atoms with Crippen LogP contribution >= 0.6 is 34.2 Å². The maximum Gasteiger partial charge on any atom is 0.141 e. The zero-order valence-electron chi connectivity index (χ0n) is 14.0. The second kappa shape index (κ2) is 9.39. The van der Waals surface area contributed by atoms with E-state index in [0.717, 1.165) is 20.8 Å². The van der Waals surface area contributed by atoms with Gasteiger partial charge in [-0.3, -0.25) is 0 Å². The highest BCUT2D eigenvalue weighted by Crippen LogP contribution is 2.35. The summed E-state index contributed by atoms with van der Waals surface area (Å²) < 4.78 is 3.20. The molecule has 0 aliphatic heterocycles. The molecule has 0 radical (unpaired) electrons. The second-order valence-electron chi connectivity index (χ2n) is 6.37. The van der Waals surface area contributed by atoms with Crippen LogP contribution in [0.1, 0.15) is 84.3 Å². The maximum absolute atomic E-state index is 6.53. The quantitative estimate of drug-likeness (QED) is 0.301. The Bertz CT molecular complexity index is 431. The Morgan fingerprint density at radius 1 is 1.05 bits per heavy atom. The van der Waals surface area contributed by atoms with Crippen LogP contribution < -0.4 is 0 Å². The van der Waals surface area contributed by atoms with Gasteiger partial charge in [0, 0.05) is 0 Å². The van der Waals surface area contributed by atoms with Crippen LogP contribution in [-0.4, -0.2) is 9.78 Å². The van der Waals surface area contributed by atoms with E-state index in [1.165, 1.54) is 51.4 Å².